The number of halogens is 1. The van der Waals surface area contributed by atoms with Gasteiger partial charge in [-0.05, 0) is 17.7 Å². The number of aliphatic hydroxyl groups excluding tert-OH is 1. The van der Waals surface area contributed by atoms with Crippen LogP contribution < -0.4 is 4.72 Å². The third kappa shape index (κ3) is 3.19. The number of hydrogen-bond donors (Lipinski definition) is 2. The molecule has 0 fully saturated rings. The minimum absolute atomic E-state index is 0.0327. The molecule has 8 heteroatoms. The molecule has 6 nitrogen and oxygen atoms in total. The molecule has 0 saturated heterocycles. The fourth-order valence-corrected chi connectivity index (χ4v) is 2.49. The average Bonchev–Trinajstić information content (AvgIpc) is 2.39. The minimum atomic E-state index is -3.81. The number of para-hydroxylation sites is 1. The van der Waals surface area contributed by atoms with Crippen molar-refractivity contribution >= 4 is 27.3 Å². The van der Waals surface area contributed by atoms with Gasteiger partial charge in [-0.1, -0.05) is 18.2 Å². The Labute approximate surface area is 115 Å². The maximum Gasteiger partial charge on any atom is 0.264 e. The highest BCUT2D eigenvalue weighted by Crippen LogP contribution is 2.19. The van der Waals surface area contributed by atoms with E-state index in [-0.39, 0.29) is 16.8 Å². The van der Waals surface area contributed by atoms with Gasteiger partial charge in [-0.2, -0.15) is 0 Å². The second-order valence-electron chi connectivity index (χ2n) is 3.61. The van der Waals surface area contributed by atoms with Gasteiger partial charge in [0.05, 0.1) is 24.7 Å². The Bertz CT molecular complexity index is 674. The van der Waals surface area contributed by atoms with Crippen molar-refractivity contribution in [2.24, 2.45) is 0 Å². The van der Waals surface area contributed by atoms with Gasteiger partial charge in [0, 0.05) is 5.56 Å². The van der Waals surface area contributed by atoms with Gasteiger partial charge in [0.1, 0.15) is 4.90 Å². The fraction of sp³-hybridized carbons (Fsp3) is 0.0909. The lowest BCUT2D eigenvalue weighted by Crippen LogP contribution is -2.14. The summed E-state index contributed by atoms with van der Waals surface area (Å²) in [7, 11) is -3.81. The van der Waals surface area contributed by atoms with Crippen LogP contribution >= 0.6 is 11.6 Å². The van der Waals surface area contributed by atoms with E-state index in [1.807, 2.05) is 0 Å². The Hall–Kier alpha value is -1.70. The van der Waals surface area contributed by atoms with Crippen LogP contribution in [-0.4, -0.2) is 23.5 Å². The van der Waals surface area contributed by atoms with Gasteiger partial charge in [-0.15, -0.1) is 0 Å². The number of sulfonamides is 1. The Morgan fingerprint density at radius 2 is 1.84 bits per heavy atom. The molecule has 0 aliphatic carbocycles. The zero-order valence-electron chi connectivity index (χ0n) is 9.62. The number of anilines is 1. The van der Waals surface area contributed by atoms with Crippen LogP contribution in [0.15, 0.2) is 41.6 Å². The summed E-state index contributed by atoms with van der Waals surface area (Å²) < 4.78 is 26.5. The summed E-state index contributed by atoms with van der Waals surface area (Å²) in [6, 6.07) is 6.54. The van der Waals surface area contributed by atoms with Crippen molar-refractivity contribution in [3.8, 4) is 0 Å². The number of benzene rings is 1. The molecule has 0 aliphatic rings. The van der Waals surface area contributed by atoms with Crippen molar-refractivity contribution in [1.29, 1.82) is 0 Å². The van der Waals surface area contributed by atoms with E-state index in [9.17, 15) is 8.42 Å². The van der Waals surface area contributed by atoms with E-state index in [4.69, 9.17) is 16.7 Å². The molecule has 100 valence electrons. The number of hydrogen-bond acceptors (Lipinski definition) is 5. The van der Waals surface area contributed by atoms with Gasteiger partial charge in [0.25, 0.3) is 10.0 Å². The topological polar surface area (TPSA) is 92.2 Å². The first-order valence-corrected chi connectivity index (χ1v) is 7.08. The maximum atomic E-state index is 12.1. The molecule has 0 saturated carbocycles. The van der Waals surface area contributed by atoms with Crippen molar-refractivity contribution in [2.75, 3.05) is 4.72 Å². The minimum Gasteiger partial charge on any atom is -0.392 e. The highest BCUT2D eigenvalue weighted by atomic mass is 35.5. The van der Waals surface area contributed by atoms with Crippen molar-refractivity contribution in [1.82, 2.24) is 9.97 Å². The molecule has 0 bridgehead atoms. The third-order valence-electron chi connectivity index (χ3n) is 2.34. The predicted octanol–water partition coefficient (Wildman–Crippen LogP) is 1.42. The first kappa shape index (κ1) is 13.7. The van der Waals surface area contributed by atoms with Crippen LogP contribution in [0.2, 0.25) is 5.28 Å². The Kier molecular flexibility index (Phi) is 3.98. The van der Waals surface area contributed by atoms with E-state index in [2.05, 4.69) is 14.7 Å². The lowest BCUT2D eigenvalue weighted by Gasteiger charge is -2.10. The van der Waals surface area contributed by atoms with Crippen LogP contribution in [0.1, 0.15) is 5.56 Å². The maximum absolute atomic E-state index is 12.1. The second kappa shape index (κ2) is 5.52. The Morgan fingerprint density at radius 3 is 2.47 bits per heavy atom. The molecule has 2 N–H and O–H groups in total. The van der Waals surface area contributed by atoms with Crippen LogP contribution in [0.5, 0.6) is 0 Å². The highest BCUT2D eigenvalue weighted by molar-refractivity contribution is 7.92. The highest BCUT2D eigenvalue weighted by Gasteiger charge is 2.16. The van der Waals surface area contributed by atoms with Crippen molar-refractivity contribution in [2.45, 2.75) is 11.5 Å². The van der Waals surface area contributed by atoms with Gasteiger partial charge in [-0.25, -0.2) is 18.4 Å². The van der Waals surface area contributed by atoms with E-state index < -0.39 is 10.0 Å². The molecule has 1 aromatic carbocycles. The Morgan fingerprint density at radius 1 is 1.21 bits per heavy atom. The fourth-order valence-electron chi connectivity index (χ4n) is 1.40. The molecular formula is C11H10ClN3O3S. The predicted molar refractivity (Wildman–Crippen MR) is 70.2 cm³/mol. The monoisotopic (exact) mass is 299 g/mol. The molecular weight excluding hydrogens is 290 g/mol. The number of nitrogens with one attached hydrogen (secondary N) is 1. The van der Waals surface area contributed by atoms with Gasteiger partial charge in [-0.3, -0.25) is 4.72 Å². The van der Waals surface area contributed by atoms with Crippen molar-refractivity contribution < 1.29 is 13.5 Å². The number of aromatic nitrogens is 2. The summed E-state index contributed by atoms with van der Waals surface area (Å²) in [6.07, 6.45) is 2.22. The van der Waals surface area contributed by atoms with E-state index in [0.717, 1.165) is 12.4 Å². The standard InChI is InChI=1S/C11H10ClN3O3S/c12-11-13-5-9(6-14-11)19(17,18)15-10-4-2-1-3-8(10)7-16/h1-6,15-16H,7H2. The smallest absolute Gasteiger partial charge is 0.264 e. The molecule has 0 atom stereocenters. The SMILES string of the molecule is O=S(=O)(Nc1ccccc1CO)c1cnc(Cl)nc1. The summed E-state index contributed by atoms with van der Waals surface area (Å²) in [6.45, 7) is -0.268. The average molecular weight is 300 g/mol. The largest absolute Gasteiger partial charge is 0.392 e. The molecule has 2 aromatic rings. The Balaban J connectivity index is 2.34. The quantitative estimate of drug-likeness (QED) is 0.833. The number of nitrogens with zero attached hydrogens (tertiary/aromatic N) is 2. The third-order valence-corrected chi connectivity index (χ3v) is 3.85. The van der Waals surface area contributed by atoms with Crippen LogP contribution in [0.4, 0.5) is 5.69 Å². The summed E-state index contributed by atoms with van der Waals surface area (Å²) >= 11 is 5.50. The van der Waals surface area contributed by atoms with Gasteiger partial charge < -0.3 is 5.11 Å². The molecule has 0 radical (unpaired) electrons. The van der Waals surface area contributed by atoms with Gasteiger partial charge in [0.15, 0.2) is 0 Å². The summed E-state index contributed by atoms with van der Waals surface area (Å²) in [4.78, 5) is 7.12. The van der Waals surface area contributed by atoms with Crippen LogP contribution in [-0.2, 0) is 16.6 Å². The molecule has 0 spiro atoms. The number of aliphatic hydroxyl groups is 1. The first-order chi connectivity index (χ1) is 9.03. The second-order valence-corrected chi connectivity index (χ2v) is 5.63. The molecule has 1 aromatic heterocycles. The molecule has 19 heavy (non-hydrogen) atoms. The summed E-state index contributed by atoms with van der Waals surface area (Å²) in [5.74, 6) is 0. The summed E-state index contributed by atoms with van der Waals surface area (Å²) in [5.41, 5.74) is 0.779. The first-order valence-electron chi connectivity index (χ1n) is 5.22. The van der Waals surface area contributed by atoms with Crippen molar-refractivity contribution in [3.05, 3.63) is 47.5 Å². The van der Waals surface area contributed by atoms with Crippen LogP contribution in [0.3, 0.4) is 0 Å². The van der Waals surface area contributed by atoms with Crippen molar-refractivity contribution in [3.63, 3.8) is 0 Å². The van der Waals surface area contributed by atoms with Gasteiger partial charge in [0.2, 0.25) is 5.28 Å². The van der Waals surface area contributed by atoms with E-state index in [0.29, 0.717) is 11.3 Å². The lowest BCUT2D eigenvalue weighted by atomic mass is 10.2. The molecule has 0 unspecified atom stereocenters. The normalized spacial score (nSPS) is 11.3. The van der Waals surface area contributed by atoms with Crippen LogP contribution in [0, 0.1) is 0 Å². The van der Waals surface area contributed by atoms with E-state index in [1.165, 1.54) is 0 Å². The number of rotatable bonds is 4. The molecule has 0 amide bonds. The lowest BCUT2D eigenvalue weighted by molar-refractivity contribution is 0.282. The molecule has 0 aliphatic heterocycles. The molecule has 1 heterocycles. The van der Waals surface area contributed by atoms with Gasteiger partial charge >= 0.3 is 0 Å². The summed E-state index contributed by atoms with van der Waals surface area (Å²) in [5, 5.41) is 9.11. The molecule has 2 rings (SSSR count). The zero-order valence-corrected chi connectivity index (χ0v) is 11.2. The van der Waals surface area contributed by atoms with Crippen LogP contribution in [0.25, 0.3) is 0 Å². The van der Waals surface area contributed by atoms with E-state index in [1.54, 1.807) is 24.3 Å². The zero-order chi connectivity index (χ0) is 13.9. The van der Waals surface area contributed by atoms with E-state index >= 15 is 0 Å².